The topological polar surface area (TPSA) is 116 Å². The van der Waals surface area contributed by atoms with E-state index in [2.05, 4.69) is 41.2 Å². The number of carbonyl (C=O) groups excluding carboxylic acids is 1. The number of piperidine rings is 1. The Hall–Kier alpha value is -3.35. The van der Waals surface area contributed by atoms with Gasteiger partial charge >= 0.3 is 6.09 Å². The normalized spacial score (nSPS) is 15.8. The average Bonchev–Trinajstić information content (AvgIpc) is 3.45. The number of carboxylic acid groups (broad SMARTS) is 1. The lowest BCUT2D eigenvalue weighted by Gasteiger charge is -2.37. The van der Waals surface area contributed by atoms with Gasteiger partial charge in [-0.3, -0.25) is 9.69 Å². The highest BCUT2D eigenvalue weighted by atomic mass is 32.1. The number of nitrogens with zero attached hydrogens (tertiary/aromatic N) is 6. The molecule has 4 rings (SSSR count). The van der Waals surface area contributed by atoms with Crippen molar-refractivity contribution in [2.45, 2.75) is 59.0 Å². The smallest absolute Gasteiger partial charge is 0.407 e. The summed E-state index contributed by atoms with van der Waals surface area (Å²) in [4.78, 5) is 37.5. The van der Waals surface area contributed by atoms with Gasteiger partial charge in [0.2, 0.25) is 0 Å². The molecular weight excluding hydrogens is 504 g/mol. The minimum Gasteiger partial charge on any atom is -0.465 e. The van der Waals surface area contributed by atoms with Crippen molar-refractivity contribution in [2.75, 3.05) is 25.0 Å². The van der Waals surface area contributed by atoms with Gasteiger partial charge in [-0.2, -0.15) is 5.10 Å². The molecule has 0 spiro atoms. The fourth-order valence-corrected chi connectivity index (χ4v) is 4.94. The zero-order valence-corrected chi connectivity index (χ0v) is 22.0. The number of carbonyl (C=O) groups is 2. The number of hydrogen-bond donors (Lipinski definition) is 2. The van der Waals surface area contributed by atoms with Crippen molar-refractivity contribution in [3.05, 3.63) is 29.5 Å². The highest BCUT2D eigenvalue weighted by Crippen LogP contribution is 2.29. The third-order valence-corrected chi connectivity index (χ3v) is 7.64. The zero-order valence-electron chi connectivity index (χ0n) is 21.2. The van der Waals surface area contributed by atoms with Crippen LogP contribution in [-0.4, -0.2) is 84.6 Å². The molecule has 1 aliphatic rings. The average molecular weight is 536 g/mol. The molecule has 1 fully saturated rings. The second kappa shape index (κ2) is 10.6. The van der Waals surface area contributed by atoms with Crippen LogP contribution in [0.1, 0.15) is 51.0 Å². The molecule has 4 heterocycles. The lowest BCUT2D eigenvalue weighted by atomic mass is 9.88. The highest BCUT2D eigenvalue weighted by molar-refractivity contribution is 7.16. The van der Waals surface area contributed by atoms with E-state index in [9.17, 15) is 23.5 Å². The molecular formula is C24H31F2N7O3S. The van der Waals surface area contributed by atoms with Crippen LogP contribution >= 0.6 is 11.3 Å². The minimum absolute atomic E-state index is 0.0414. The van der Waals surface area contributed by atoms with E-state index in [1.54, 1.807) is 21.7 Å². The molecule has 0 aromatic carbocycles. The second-order valence-electron chi connectivity index (χ2n) is 10.3. The Labute approximate surface area is 217 Å². The van der Waals surface area contributed by atoms with Crippen molar-refractivity contribution in [3.63, 3.8) is 0 Å². The van der Waals surface area contributed by atoms with Crippen LogP contribution in [0.5, 0.6) is 0 Å². The summed E-state index contributed by atoms with van der Waals surface area (Å²) in [6, 6.07) is 1.09. The van der Waals surface area contributed by atoms with Gasteiger partial charge in [-0.05, 0) is 25.2 Å². The summed E-state index contributed by atoms with van der Waals surface area (Å²) in [5.74, 6) is 0.560. The molecule has 0 unspecified atom stereocenters. The first-order chi connectivity index (χ1) is 17.4. The predicted molar refractivity (Wildman–Crippen MR) is 136 cm³/mol. The maximum absolute atomic E-state index is 13.5. The van der Waals surface area contributed by atoms with Gasteiger partial charge in [-0.1, -0.05) is 20.8 Å². The Balaban J connectivity index is 1.59. The lowest BCUT2D eigenvalue weighted by Crippen LogP contribution is -2.49. The zero-order chi connectivity index (χ0) is 26.9. The van der Waals surface area contributed by atoms with E-state index in [0.717, 1.165) is 9.73 Å². The van der Waals surface area contributed by atoms with Gasteiger partial charge in [-0.25, -0.2) is 28.1 Å². The van der Waals surface area contributed by atoms with Crippen molar-refractivity contribution in [1.82, 2.24) is 29.4 Å². The third kappa shape index (κ3) is 5.97. The molecule has 0 bridgehead atoms. The van der Waals surface area contributed by atoms with Crippen molar-refractivity contribution in [2.24, 2.45) is 5.41 Å². The highest BCUT2D eigenvalue weighted by Gasteiger charge is 2.32. The van der Waals surface area contributed by atoms with Gasteiger partial charge in [0.25, 0.3) is 12.3 Å². The van der Waals surface area contributed by atoms with Gasteiger partial charge in [0.15, 0.2) is 5.82 Å². The summed E-state index contributed by atoms with van der Waals surface area (Å²) in [7, 11) is 0. The van der Waals surface area contributed by atoms with E-state index < -0.39 is 25.1 Å². The summed E-state index contributed by atoms with van der Waals surface area (Å²) in [6.07, 6.45) is -0.0906. The van der Waals surface area contributed by atoms with Crippen LogP contribution in [0.4, 0.5) is 19.4 Å². The van der Waals surface area contributed by atoms with E-state index in [4.69, 9.17) is 0 Å². The third-order valence-electron chi connectivity index (χ3n) is 6.75. The van der Waals surface area contributed by atoms with Crippen LogP contribution in [-0.2, 0) is 0 Å². The first-order valence-corrected chi connectivity index (χ1v) is 13.0. The lowest BCUT2D eigenvalue weighted by molar-refractivity contribution is 0.0388. The van der Waals surface area contributed by atoms with Crippen molar-refractivity contribution < 1.29 is 23.5 Å². The quantitative estimate of drug-likeness (QED) is 0.456. The van der Waals surface area contributed by atoms with E-state index in [1.165, 1.54) is 11.3 Å². The fraction of sp³-hybridized carbons (Fsp3) is 0.542. The molecule has 0 aliphatic carbocycles. The van der Waals surface area contributed by atoms with Gasteiger partial charge in [0.1, 0.15) is 16.3 Å². The number of fused-ring (bicyclic) bond motifs is 1. The molecule has 0 radical (unpaired) electrons. The maximum atomic E-state index is 13.5. The molecule has 1 atom stereocenters. The molecule has 37 heavy (non-hydrogen) atoms. The number of thiazole rings is 1. The number of rotatable bonds is 7. The molecule has 13 heteroatoms. The summed E-state index contributed by atoms with van der Waals surface area (Å²) in [5, 5.41) is 19.0. The SMILES string of the molecule is C[C@H](Nc1cc(C(=O)N2CCC(N(CC(F)F)C(=O)O)CC2)nc(-c2cnn3ccsc23)n1)C(C)(C)C. The fourth-order valence-electron chi connectivity index (χ4n) is 4.14. The molecule has 3 aromatic rings. The number of anilines is 1. The number of nitrogens with one attached hydrogen (secondary N) is 1. The number of aromatic nitrogens is 4. The molecule has 1 aliphatic heterocycles. The number of halogens is 2. The Bertz CT molecular complexity index is 1260. The molecule has 2 N–H and O–H groups in total. The minimum atomic E-state index is -2.75. The van der Waals surface area contributed by atoms with Gasteiger partial charge in [-0.15, -0.1) is 11.3 Å². The monoisotopic (exact) mass is 535 g/mol. The number of alkyl halides is 2. The van der Waals surface area contributed by atoms with E-state index in [-0.39, 0.29) is 49.0 Å². The van der Waals surface area contributed by atoms with Gasteiger partial charge in [0, 0.05) is 42.8 Å². The Kier molecular flexibility index (Phi) is 7.62. The van der Waals surface area contributed by atoms with Crippen LogP contribution < -0.4 is 5.32 Å². The molecule has 1 saturated heterocycles. The molecule has 2 amide bonds. The maximum Gasteiger partial charge on any atom is 0.407 e. The summed E-state index contributed by atoms with van der Waals surface area (Å²) >= 11 is 1.49. The Morgan fingerprint density at radius 3 is 2.59 bits per heavy atom. The van der Waals surface area contributed by atoms with Crippen molar-refractivity contribution >= 4 is 34.0 Å². The Morgan fingerprint density at radius 2 is 1.97 bits per heavy atom. The van der Waals surface area contributed by atoms with E-state index in [0.29, 0.717) is 17.2 Å². The van der Waals surface area contributed by atoms with Crippen LogP contribution in [0.25, 0.3) is 16.2 Å². The molecule has 0 saturated carbocycles. The first-order valence-electron chi connectivity index (χ1n) is 12.1. The van der Waals surface area contributed by atoms with Gasteiger partial charge < -0.3 is 15.3 Å². The number of hydrogen-bond acceptors (Lipinski definition) is 7. The molecule has 200 valence electrons. The van der Waals surface area contributed by atoms with E-state index in [1.807, 2.05) is 18.5 Å². The number of likely N-dealkylation sites (tertiary alicyclic amines) is 1. The van der Waals surface area contributed by atoms with E-state index >= 15 is 0 Å². The van der Waals surface area contributed by atoms with Crippen LogP contribution in [0.15, 0.2) is 23.8 Å². The Morgan fingerprint density at radius 1 is 1.27 bits per heavy atom. The van der Waals surface area contributed by atoms with Crippen molar-refractivity contribution in [3.8, 4) is 11.4 Å². The first kappa shape index (κ1) is 26.7. The standard InChI is InChI=1S/C24H31F2N7O3S/c1-14(24(2,3)4)28-19-11-17(29-20(30-19)16-12-27-33-9-10-37-22(16)33)21(34)31-7-5-15(6-8-31)32(23(35)36)13-18(25)26/h9-12,14-15,18H,5-8,13H2,1-4H3,(H,35,36)(H,28,29,30)/t14-/m0/s1. The second-order valence-corrected chi connectivity index (χ2v) is 11.1. The van der Waals surface area contributed by atoms with Crippen LogP contribution in [0, 0.1) is 5.41 Å². The summed E-state index contributed by atoms with van der Waals surface area (Å²) < 4.78 is 27.5. The van der Waals surface area contributed by atoms with Gasteiger partial charge in [0.05, 0.1) is 18.3 Å². The van der Waals surface area contributed by atoms with Crippen LogP contribution in [0.3, 0.4) is 0 Å². The molecule has 10 nitrogen and oxygen atoms in total. The summed E-state index contributed by atoms with van der Waals surface area (Å²) in [6.45, 7) is 7.98. The molecule has 3 aromatic heterocycles. The van der Waals surface area contributed by atoms with Crippen molar-refractivity contribution in [1.29, 1.82) is 0 Å². The predicted octanol–water partition coefficient (Wildman–Crippen LogP) is 4.55. The number of amides is 2. The van der Waals surface area contributed by atoms with Crippen LogP contribution in [0.2, 0.25) is 0 Å². The summed E-state index contributed by atoms with van der Waals surface area (Å²) in [5.41, 5.74) is 0.842. The largest absolute Gasteiger partial charge is 0.465 e.